The summed E-state index contributed by atoms with van der Waals surface area (Å²) < 4.78 is 2.84. The van der Waals surface area contributed by atoms with Crippen LogP contribution in [0.1, 0.15) is 19.8 Å². The Morgan fingerprint density at radius 1 is 1.32 bits per heavy atom. The fourth-order valence-corrected chi connectivity index (χ4v) is 4.54. The highest BCUT2D eigenvalue weighted by Gasteiger charge is 2.31. The van der Waals surface area contributed by atoms with Crippen molar-refractivity contribution in [3.63, 3.8) is 0 Å². The molecule has 104 valence electrons. The van der Waals surface area contributed by atoms with Crippen molar-refractivity contribution in [2.24, 2.45) is 0 Å². The van der Waals surface area contributed by atoms with Gasteiger partial charge < -0.3 is 10.2 Å². The zero-order valence-corrected chi connectivity index (χ0v) is 15.3. The third-order valence-electron chi connectivity index (χ3n) is 3.07. The molecule has 0 atom stereocenters. The van der Waals surface area contributed by atoms with Crippen LogP contribution in [-0.2, 0) is 4.79 Å². The molecule has 0 unspecified atom stereocenters. The average molecular weight is 455 g/mol. The van der Waals surface area contributed by atoms with E-state index in [0.717, 1.165) is 38.5 Å². The second-order valence-electron chi connectivity index (χ2n) is 4.51. The lowest BCUT2D eigenvalue weighted by atomic mass is 10.3. The van der Waals surface area contributed by atoms with Crippen LogP contribution in [0.2, 0.25) is 0 Å². The monoisotopic (exact) mass is 452 g/mol. The van der Waals surface area contributed by atoms with Crippen LogP contribution in [-0.4, -0.2) is 29.9 Å². The third kappa shape index (κ3) is 3.95. The molecule has 1 amide bonds. The van der Waals surface area contributed by atoms with E-state index >= 15 is 0 Å². The van der Waals surface area contributed by atoms with E-state index in [-0.39, 0.29) is 5.91 Å². The fraction of sp³-hybridized carbons (Fsp3) is 0.462. The Morgan fingerprint density at radius 2 is 1.89 bits per heavy atom. The molecule has 1 aromatic rings. The summed E-state index contributed by atoms with van der Waals surface area (Å²) in [6.45, 7) is 3.14. The predicted octanol–water partition coefficient (Wildman–Crippen LogP) is 4.40. The van der Waals surface area contributed by atoms with E-state index in [2.05, 4.69) is 53.1 Å². The normalized spacial score (nSPS) is 14.3. The number of carbonyl (C=O) groups is 1. The molecule has 1 fully saturated rings. The number of nitrogens with zero attached hydrogens (tertiary/aromatic N) is 1. The van der Waals surface area contributed by atoms with Crippen molar-refractivity contribution in [3.05, 3.63) is 25.6 Å². The first-order chi connectivity index (χ1) is 9.02. The molecular formula is C13H15Br3N2O. The van der Waals surface area contributed by atoms with E-state index in [1.807, 2.05) is 24.0 Å². The van der Waals surface area contributed by atoms with Gasteiger partial charge in [0.25, 0.3) is 0 Å². The summed E-state index contributed by atoms with van der Waals surface area (Å²) >= 11 is 10.4. The van der Waals surface area contributed by atoms with Gasteiger partial charge in [-0.15, -0.1) is 0 Å². The maximum absolute atomic E-state index is 12.1. The molecule has 19 heavy (non-hydrogen) atoms. The highest BCUT2D eigenvalue weighted by atomic mass is 79.9. The molecule has 6 heteroatoms. The lowest BCUT2D eigenvalue weighted by Gasteiger charge is -2.21. The topological polar surface area (TPSA) is 32.3 Å². The minimum absolute atomic E-state index is 0.159. The molecule has 1 saturated carbocycles. The van der Waals surface area contributed by atoms with Crippen LogP contribution in [0, 0.1) is 0 Å². The maximum Gasteiger partial charge on any atom is 0.242 e. The van der Waals surface area contributed by atoms with Crippen molar-refractivity contribution in [2.75, 3.05) is 18.4 Å². The average Bonchev–Trinajstić information content (AvgIpc) is 3.13. The quantitative estimate of drug-likeness (QED) is 0.715. The number of carbonyl (C=O) groups excluding carboxylic acids is 1. The zero-order valence-electron chi connectivity index (χ0n) is 10.5. The van der Waals surface area contributed by atoms with Crippen molar-refractivity contribution in [2.45, 2.75) is 25.8 Å². The summed E-state index contributed by atoms with van der Waals surface area (Å²) in [4.78, 5) is 14.1. The SMILES string of the molecule is CCN(C(=O)CNc1c(Br)cc(Br)cc1Br)C1CC1. The maximum atomic E-state index is 12.1. The van der Waals surface area contributed by atoms with Gasteiger partial charge in [0.05, 0.1) is 12.2 Å². The minimum atomic E-state index is 0.159. The van der Waals surface area contributed by atoms with Crippen molar-refractivity contribution in [1.29, 1.82) is 0 Å². The summed E-state index contributed by atoms with van der Waals surface area (Å²) in [7, 11) is 0. The molecule has 2 rings (SSSR count). The van der Waals surface area contributed by atoms with E-state index in [0.29, 0.717) is 12.6 Å². The molecule has 0 spiro atoms. The van der Waals surface area contributed by atoms with Crippen LogP contribution in [0.3, 0.4) is 0 Å². The molecular weight excluding hydrogens is 440 g/mol. The predicted molar refractivity (Wildman–Crippen MR) is 88.4 cm³/mol. The van der Waals surface area contributed by atoms with E-state index in [1.54, 1.807) is 0 Å². The lowest BCUT2D eigenvalue weighted by molar-refractivity contribution is -0.129. The number of halogens is 3. The lowest BCUT2D eigenvalue weighted by Crippen LogP contribution is -2.37. The number of anilines is 1. The second kappa shape index (κ2) is 6.59. The van der Waals surface area contributed by atoms with Gasteiger partial charge in [-0.3, -0.25) is 4.79 Å². The van der Waals surface area contributed by atoms with Gasteiger partial charge in [-0.2, -0.15) is 0 Å². The number of amides is 1. The standard InChI is InChI=1S/C13H15Br3N2O/c1-2-18(9-3-4-9)12(19)7-17-13-10(15)5-8(14)6-11(13)16/h5-6,9,17H,2-4,7H2,1H3. The van der Waals surface area contributed by atoms with Gasteiger partial charge >= 0.3 is 0 Å². The van der Waals surface area contributed by atoms with Gasteiger partial charge in [0, 0.05) is 26.0 Å². The van der Waals surface area contributed by atoms with Gasteiger partial charge in [-0.05, 0) is 63.8 Å². The Morgan fingerprint density at radius 3 is 2.37 bits per heavy atom. The molecule has 0 bridgehead atoms. The molecule has 0 radical (unpaired) electrons. The van der Waals surface area contributed by atoms with Gasteiger partial charge in [-0.1, -0.05) is 15.9 Å². The summed E-state index contributed by atoms with van der Waals surface area (Å²) in [6, 6.07) is 4.38. The molecule has 1 N–H and O–H groups in total. The summed E-state index contributed by atoms with van der Waals surface area (Å²) in [6.07, 6.45) is 2.29. The Balaban J connectivity index is 2.00. The Hall–Kier alpha value is -0.0700. The van der Waals surface area contributed by atoms with Crippen LogP contribution >= 0.6 is 47.8 Å². The fourth-order valence-electron chi connectivity index (χ4n) is 2.00. The second-order valence-corrected chi connectivity index (χ2v) is 7.13. The number of hydrogen-bond acceptors (Lipinski definition) is 2. The van der Waals surface area contributed by atoms with Crippen LogP contribution in [0.15, 0.2) is 25.6 Å². The largest absolute Gasteiger partial charge is 0.374 e. The third-order valence-corrected chi connectivity index (χ3v) is 4.78. The smallest absolute Gasteiger partial charge is 0.242 e. The van der Waals surface area contributed by atoms with E-state index in [9.17, 15) is 4.79 Å². The number of rotatable bonds is 5. The molecule has 0 heterocycles. The van der Waals surface area contributed by atoms with E-state index in [1.165, 1.54) is 0 Å². The molecule has 0 aromatic heterocycles. The van der Waals surface area contributed by atoms with Crippen molar-refractivity contribution in [1.82, 2.24) is 4.90 Å². The van der Waals surface area contributed by atoms with Crippen molar-refractivity contribution in [3.8, 4) is 0 Å². The summed E-state index contributed by atoms with van der Waals surface area (Å²) in [5.41, 5.74) is 0.906. The van der Waals surface area contributed by atoms with Gasteiger partial charge in [0.2, 0.25) is 5.91 Å². The number of benzene rings is 1. The van der Waals surface area contributed by atoms with Gasteiger partial charge in [-0.25, -0.2) is 0 Å². The Kier molecular flexibility index (Phi) is 5.31. The molecule has 1 aromatic carbocycles. The summed E-state index contributed by atoms with van der Waals surface area (Å²) in [5.74, 6) is 0.159. The molecule has 1 aliphatic rings. The van der Waals surface area contributed by atoms with E-state index in [4.69, 9.17) is 0 Å². The number of nitrogens with one attached hydrogen (secondary N) is 1. The van der Waals surface area contributed by atoms with E-state index < -0.39 is 0 Å². The van der Waals surface area contributed by atoms with Crippen LogP contribution in [0.25, 0.3) is 0 Å². The molecule has 0 saturated heterocycles. The minimum Gasteiger partial charge on any atom is -0.374 e. The van der Waals surface area contributed by atoms with Crippen LogP contribution in [0.5, 0.6) is 0 Å². The van der Waals surface area contributed by atoms with Gasteiger partial charge in [0.1, 0.15) is 0 Å². The first-order valence-corrected chi connectivity index (χ1v) is 8.58. The molecule has 0 aliphatic heterocycles. The Bertz CT molecular complexity index is 466. The molecule has 3 nitrogen and oxygen atoms in total. The van der Waals surface area contributed by atoms with Crippen molar-refractivity contribution >= 4 is 59.4 Å². The summed E-state index contributed by atoms with van der Waals surface area (Å²) in [5, 5.41) is 3.20. The first kappa shape index (κ1) is 15.3. The van der Waals surface area contributed by atoms with Gasteiger partial charge in [0.15, 0.2) is 0 Å². The first-order valence-electron chi connectivity index (χ1n) is 6.20. The van der Waals surface area contributed by atoms with Crippen molar-refractivity contribution < 1.29 is 4.79 Å². The number of likely N-dealkylation sites (N-methyl/N-ethyl adjacent to an activating group) is 1. The highest BCUT2D eigenvalue weighted by molar-refractivity contribution is 9.11. The Labute approximate surface area is 138 Å². The molecule has 1 aliphatic carbocycles. The van der Waals surface area contributed by atoms with Crippen LogP contribution in [0.4, 0.5) is 5.69 Å². The number of hydrogen-bond donors (Lipinski definition) is 1. The zero-order chi connectivity index (χ0) is 14.0. The van der Waals surface area contributed by atoms with Crippen LogP contribution < -0.4 is 5.32 Å². The highest BCUT2D eigenvalue weighted by Crippen LogP contribution is 2.34.